The summed E-state index contributed by atoms with van der Waals surface area (Å²) in [6.07, 6.45) is 0. The van der Waals surface area contributed by atoms with Crippen molar-refractivity contribution in [2.24, 2.45) is 0 Å². The van der Waals surface area contributed by atoms with E-state index in [9.17, 15) is 22.4 Å². The third-order valence-electron chi connectivity index (χ3n) is 4.78. The largest absolute Gasteiger partial charge is 0.492 e. The Kier molecular flexibility index (Phi) is 7.68. The topological polar surface area (TPSA) is 44.8 Å². The van der Waals surface area contributed by atoms with E-state index in [-0.39, 0.29) is 41.9 Å². The zero-order chi connectivity index (χ0) is 23.6. The van der Waals surface area contributed by atoms with Crippen molar-refractivity contribution in [1.82, 2.24) is 10.2 Å². The molecule has 1 saturated heterocycles. The highest BCUT2D eigenvalue weighted by molar-refractivity contribution is 7.80. The van der Waals surface area contributed by atoms with Gasteiger partial charge in [-0.15, -0.1) is 0 Å². The van der Waals surface area contributed by atoms with Crippen molar-refractivity contribution in [1.29, 1.82) is 0 Å². The van der Waals surface area contributed by atoms with Gasteiger partial charge < -0.3 is 14.5 Å². The minimum atomic E-state index is -1.65. The molecule has 2 aromatic carbocycles. The smallest absolute Gasteiger partial charge is 0.257 e. The molecule has 1 aliphatic heterocycles. The highest BCUT2D eigenvalue weighted by atomic mass is 35.5. The van der Waals surface area contributed by atoms with Crippen molar-refractivity contribution < 1.29 is 27.1 Å². The molecule has 2 aromatic rings. The van der Waals surface area contributed by atoms with E-state index in [4.69, 9.17) is 40.2 Å². The van der Waals surface area contributed by atoms with Gasteiger partial charge in [0, 0.05) is 31.7 Å². The van der Waals surface area contributed by atoms with Crippen molar-refractivity contribution in [2.75, 3.05) is 37.7 Å². The molecule has 0 unspecified atom stereocenters. The van der Waals surface area contributed by atoms with Gasteiger partial charge in [-0.2, -0.15) is 0 Å². The highest BCUT2D eigenvalue weighted by Gasteiger charge is 2.30. The predicted molar refractivity (Wildman–Crippen MR) is 118 cm³/mol. The SMILES string of the molecule is CCOc1ccc(C(=O)NC(=S)N2CCN(c3c(F)c(F)c(Cl)c(F)c3F)CC2)cc1Cl. The van der Waals surface area contributed by atoms with Crippen molar-refractivity contribution >= 4 is 52.1 Å². The van der Waals surface area contributed by atoms with Gasteiger partial charge in [0.25, 0.3) is 5.91 Å². The second-order valence-electron chi connectivity index (χ2n) is 6.73. The van der Waals surface area contributed by atoms with Crippen molar-refractivity contribution in [3.63, 3.8) is 0 Å². The monoisotopic (exact) mass is 509 g/mol. The summed E-state index contributed by atoms with van der Waals surface area (Å²) in [6.45, 7) is 2.52. The Labute approximate surface area is 196 Å². The molecule has 0 spiro atoms. The Hall–Kier alpha value is -2.30. The Morgan fingerprint density at radius 3 is 2.19 bits per heavy atom. The number of rotatable bonds is 4. The van der Waals surface area contributed by atoms with Gasteiger partial charge >= 0.3 is 0 Å². The lowest BCUT2D eigenvalue weighted by atomic mass is 10.2. The second kappa shape index (κ2) is 10.1. The number of carbonyl (C=O) groups is 1. The molecule has 5 nitrogen and oxygen atoms in total. The summed E-state index contributed by atoms with van der Waals surface area (Å²) < 4.78 is 61.2. The summed E-state index contributed by atoms with van der Waals surface area (Å²) >= 11 is 16.6. The van der Waals surface area contributed by atoms with E-state index in [0.717, 1.165) is 4.90 Å². The number of hydrogen-bond donors (Lipinski definition) is 1. The summed E-state index contributed by atoms with van der Waals surface area (Å²) in [7, 11) is 0. The molecule has 1 aliphatic rings. The normalized spacial score (nSPS) is 13.8. The molecule has 3 rings (SSSR count). The average molecular weight is 510 g/mol. The van der Waals surface area contributed by atoms with Crippen molar-refractivity contribution in [3.8, 4) is 5.75 Å². The number of nitrogens with zero attached hydrogens (tertiary/aromatic N) is 2. The van der Waals surface area contributed by atoms with Gasteiger partial charge in [-0.3, -0.25) is 10.1 Å². The number of benzene rings is 2. The molecule has 0 aliphatic carbocycles. The van der Waals surface area contributed by atoms with Crippen LogP contribution in [0.2, 0.25) is 10.0 Å². The molecule has 1 heterocycles. The van der Waals surface area contributed by atoms with Crippen LogP contribution in [-0.4, -0.2) is 48.7 Å². The van der Waals surface area contributed by atoms with Crippen molar-refractivity contribution in [2.45, 2.75) is 6.92 Å². The van der Waals surface area contributed by atoms with Gasteiger partial charge in [-0.05, 0) is 37.3 Å². The first kappa shape index (κ1) is 24.3. The fourth-order valence-corrected chi connectivity index (χ4v) is 3.84. The van der Waals surface area contributed by atoms with Crippen LogP contribution >= 0.6 is 35.4 Å². The highest BCUT2D eigenvalue weighted by Crippen LogP contribution is 2.34. The molecule has 1 N–H and O–H groups in total. The first-order valence-corrected chi connectivity index (χ1v) is 10.6. The number of nitrogens with one attached hydrogen (secondary N) is 1. The van der Waals surface area contributed by atoms with Crippen LogP contribution in [0.15, 0.2) is 18.2 Å². The van der Waals surface area contributed by atoms with E-state index < -0.39 is 39.9 Å². The number of thiocarbonyl (C=S) groups is 1. The van der Waals surface area contributed by atoms with Gasteiger partial charge in [0.15, 0.2) is 28.4 Å². The molecule has 12 heteroatoms. The van der Waals surface area contributed by atoms with E-state index in [1.165, 1.54) is 12.1 Å². The van der Waals surface area contributed by atoms with E-state index in [0.29, 0.717) is 12.4 Å². The molecule has 1 amide bonds. The lowest BCUT2D eigenvalue weighted by Gasteiger charge is -2.37. The van der Waals surface area contributed by atoms with Gasteiger partial charge in [0.2, 0.25) is 0 Å². The maximum absolute atomic E-state index is 14.2. The molecular weight excluding hydrogens is 493 g/mol. The number of ether oxygens (including phenoxy) is 1. The van der Waals surface area contributed by atoms with Crippen LogP contribution in [0.4, 0.5) is 23.2 Å². The molecule has 0 radical (unpaired) electrons. The Balaban J connectivity index is 1.64. The lowest BCUT2D eigenvalue weighted by Crippen LogP contribution is -2.53. The lowest BCUT2D eigenvalue weighted by molar-refractivity contribution is 0.0973. The van der Waals surface area contributed by atoms with Crippen LogP contribution < -0.4 is 15.0 Å². The molecule has 32 heavy (non-hydrogen) atoms. The fraction of sp³-hybridized carbons (Fsp3) is 0.300. The maximum atomic E-state index is 14.2. The Morgan fingerprint density at radius 1 is 1.06 bits per heavy atom. The molecule has 1 fully saturated rings. The van der Waals surface area contributed by atoms with E-state index in [2.05, 4.69) is 5.32 Å². The van der Waals surface area contributed by atoms with E-state index in [1.807, 2.05) is 0 Å². The fourth-order valence-electron chi connectivity index (χ4n) is 3.17. The first-order valence-electron chi connectivity index (χ1n) is 9.44. The van der Waals surface area contributed by atoms with Crippen LogP contribution in [-0.2, 0) is 0 Å². The average Bonchev–Trinajstić information content (AvgIpc) is 2.78. The second-order valence-corrected chi connectivity index (χ2v) is 7.90. The number of carbonyl (C=O) groups excluding carboxylic acids is 1. The van der Waals surface area contributed by atoms with Crippen LogP contribution in [0.1, 0.15) is 17.3 Å². The third-order valence-corrected chi connectivity index (χ3v) is 5.77. The molecule has 0 bridgehead atoms. The summed E-state index contributed by atoms with van der Waals surface area (Å²) in [5.41, 5.74) is -0.571. The summed E-state index contributed by atoms with van der Waals surface area (Å²) in [4.78, 5) is 15.2. The first-order chi connectivity index (χ1) is 15.1. The van der Waals surface area contributed by atoms with Gasteiger partial charge in [-0.25, -0.2) is 17.6 Å². The number of amides is 1. The van der Waals surface area contributed by atoms with Crippen LogP contribution in [0.3, 0.4) is 0 Å². The minimum Gasteiger partial charge on any atom is -0.492 e. The predicted octanol–water partition coefficient (Wildman–Crippen LogP) is 4.79. The van der Waals surface area contributed by atoms with Crippen LogP contribution in [0, 0.1) is 23.3 Å². The zero-order valence-electron chi connectivity index (χ0n) is 16.7. The van der Waals surface area contributed by atoms with Crippen molar-refractivity contribution in [3.05, 3.63) is 57.1 Å². The number of hydrogen-bond acceptors (Lipinski definition) is 4. The minimum absolute atomic E-state index is 0.000749. The summed E-state index contributed by atoms with van der Waals surface area (Å²) in [5.74, 6) is -6.49. The number of halogens is 6. The molecule has 0 saturated carbocycles. The van der Waals surface area contributed by atoms with Crippen LogP contribution in [0.5, 0.6) is 5.75 Å². The number of anilines is 1. The molecule has 0 aromatic heterocycles. The number of piperazine rings is 1. The van der Waals surface area contributed by atoms with E-state index >= 15 is 0 Å². The molecular formula is C20H17Cl2F4N3O2S. The van der Waals surface area contributed by atoms with Gasteiger partial charge in [-0.1, -0.05) is 23.2 Å². The Morgan fingerprint density at radius 2 is 1.66 bits per heavy atom. The summed E-state index contributed by atoms with van der Waals surface area (Å²) in [6, 6.07) is 4.54. The molecule has 0 atom stereocenters. The quantitative estimate of drug-likeness (QED) is 0.278. The van der Waals surface area contributed by atoms with Gasteiger partial charge in [0.1, 0.15) is 16.5 Å². The summed E-state index contributed by atoms with van der Waals surface area (Å²) in [5, 5.41) is 1.69. The van der Waals surface area contributed by atoms with Gasteiger partial charge in [0.05, 0.1) is 11.6 Å². The van der Waals surface area contributed by atoms with E-state index in [1.54, 1.807) is 17.9 Å². The molecule has 172 valence electrons. The zero-order valence-corrected chi connectivity index (χ0v) is 19.0. The third kappa shape index (κ3) is 4.87. The standard InChI is InChI=1S/C20H17Cl2F4N3O2S/c1-2-31-12-4-3-10(9-11(12)21)19(30)27-20(32)29-7-5-28(6-8-29)18-16(25)14(23)13(22)15(24)17(18)26/h3-4,9H,2,5-8H2,1H3,(H,27,30,32). The van der Waals surface area contributed by atoms with Crippen LogP contribution in [0.25, 0.3) is 0 Å². The maximum Gasteiger partial charge on any atom is 0.257 e. The Bertz CT molecular complexity index is 1040.